The van der Waals surface area contributed by atoms with Gasteiger partial charge in [0.1, 0.15) is 0 Å². The SMILES string of the molecule is CCN(c1cc(-c2ccc(CN3CC4C[C@@H]3CO4)cc2)cc(C(=O)NCc2c(C)cc(C)[nH]c2=O)c1C)C1CCOCC1. The maximum atomic E-state index is 13.8. The second-order valence-electron chi connectivity index (χ2n) is 12.4. The van der Waals surface area contributed by atoms with Gasteiger partial charge in [0.15, 0.2) is 0 Å². The van der Waals surface area contributed by atoms with Gasteiger partial charge in [0.25, 0.3) is 11.5 Å². The summed E-state index contributed by atoms with van der Waals surface area (Å²) in [4.78, 5) is 34.2. The highest BCUT2D eigenvalue weighted by molar-refractivity contribution is 5.99. The predicted octanol–water partition coefficient (Wildman–Crippen LogP) is 4.88. The number of morpholine rings is 1. The third-order valence-corrected chi connectivity index (χ3v) is 9.51. The fourth-order valence-electron chi connectivity index (χ4n) is 7.10. The molecule has 1 amide bonds. The van der Waals surface area contributed by atoms with Gasteiger partial charge in [-0.25, -0.2) is 0 Å². The number of aryl methyl sites for hydroxylation is 2. The molecule has 1 unspecified atom stereocenters. The summed E-state index contributed by atoms with van der Waals surface area (Å²) in [5.74, 6) is -0.175. The number of hydrogen-bond donors (Lipinski definition) is 2. The predicted molar refractivity (Wildman–Crippen MR) is 170 cm³/mol. The quantitative estimate of drug-likeness (QED) is 0.373. The highest BCUT2D eigenvalue weighted by atomic mass is 16.5. The molecule has 2 N–H and O–H groups in total. The number of aromatic amines is 1. The first-order chi connectivity index (χ1) is 20.8. The van der Waals surface area contributed by atoms with Crippen molar-refractivity contribution in [1.29, 1.82) is 0 Å². The zero-order valence-electron chi connectivity index (χ0n) is 25.9. The lowest BCUT2D eigenvalue weighted by atomic mass is 9.94. The zero-order chi connectivity index (χ0) is 30.1. The third kappa shape index (κ3) is 6.28. The zero-order valence-corrected chi connectivity index (χ0v) is 25.9. The molecule has 3 aromatic rings. The molecule has 6 rings (SSSR count). The van der Waals surface area contributed by atoms with Crippen molar-refractivity contribution in [3.8, 4) is 11.1 Å². The van der Waals surface area contributed by atoms with Crippen LogP contribution in [0.4, 0.5) is 5.69 Å². The Morgan fingerprint density at radius 3 is 2.49 bits per heavy atom. The number of nitrogens with zero attached hydrogens (tertiary/aromatic N) is 2. The smallest absolute Gasteiger partial charge is 0.253 e. The number of anilines is 1. The molecule has 3 aliphatic rings. The van der Waals surface area contributed by atoms with Crippen LogP contribution in [0.1, 0.15) is 64.5 Å². The number of H-pyrrole nitrogens is 1. The van der Waals surface area contributed by atoms with E-state index in [-0.39, 0.29) is 18.0 Å². The number of amides is 1. The average Bonchev–Trinajstić information content (AvgIpc) is 3.62. The summed E-state index contributed by atoms with van der Waals surface area (Å²) in [7, 11) is 0. The molecule has 3 saturated heterocycles. The van der Waals surface area contributed by atoms with E-state index in [1.807, 2.05) is 32.9 Å². The van der Waals surface area contributed by atoms with E-state index in [1.165, 1.54) is 5.56 Å². The van der Waals surface area contributed by atoms with Gasteiger partial charge in [-0.1, -0.05) is 24.3 Å². The molecular formula is C35H44N4O4. The highest BCUT2D eigenvalue weighted by Gasteiger charge is 2.38. The number of benzene rings is 2. The minimum absolute atomic E-state index is 0.157. The number of aromatic nitrogens is 1. The molecule has 228 valence electrons. The molecule has 3 fully saturated rings. The van der Waals surface area contributed by atoms with E-state index in [0.717, 1.165) is 92.4 Å². The lowest BCUT2D eigenvalue weighted by molar-refractivity contribution is 0.0273. The maximum absolute atomic E-state index is 13.8. The second kappa shape index (κ2) is 12.6. The topological polar surface area (TPSA) is 86.9 Å². The summed E-state index contributed by atoms with van der Waals surface area (Å²) in [6, 6.07) is 15.9. The van der Waals surface area contributed by atoms with Crippen molar-refractivity contribution >= 4 is 11.6 Å². The Hall–Kier alpha value is -3.46. The van der Waals surface area contributed by atoms with E-state index in [1.54, 1.807) is 0 Å². The monoisotopic (exact) mass is 584 g/mol. The molecule has 4 heterocycles. The number of carbonyl (C=O) groups excluding carboxylic acids is 1. The summed E-state index contributed by atoms with van der Waals surface area (Å²) in [6.45, 7) is 13.3. The van der Waals surface area contributed by atoms with Crippen molar-refractivity contribution in [2.24, 2.45) is 0 Å². The Morgan fingerprint density at radius 2 is 1.84 bits per heavy atom. The molecule has 1 aromatic heterocycles. The molecule has 0 radical (unpaired) electrons. The number of nitrogens with one attached hydrogen (secondary N) is 2. The molecular weight excluding hydrogens is 540 g/mol. The lowest BCUT2D eigenvalue weighted by Crippen LogP contribution is -2.40. The van der Waals surface area contributed by atoms with E-state index in [4.69, 9.17) is 9.47 Å². The first kappa shape index (κ1) is 29.6. The normalized spacial score (nSPS) is 20.5. The Labute approximate surface area is 254 Å². The van der Waals surface area contributed by atoms with Gasteiger partial charge in [-0.15, -0.1) is 0 Å². The molecule has 0 aliphatic carbocycles. The summed E-state index contributed by atoms with van der Waals surface area (Å²) in [5.41, 5.74) is 8.17. The van der Waals surface area contributed by atoms with E-state index in [2.05, 4.69) is 57.4 Å². The van der Waals surface area contributed by atoms with Crippen molar-refractivity contribution in [3.05, 3.63) is 86.3 Å². The molecule has 43 heavy (non-hydrogen) atoms. The minimum atomic E-state index is -0.175. The first-order valence-electron chi connectivity index (χ1n) is 15.7. The summed E-state index contributed by atoms with van der Waals surface area (Å²) in [6.07, 6.45) is 3.47. The highest BCUT2D eigenvalue weighted by Crippen LogP contribution is 2.35. The van der Waals surface area contributed by atoms with Crippen LogP contribution in [0.5, 0.6) is 0 Å². The second-order valence-corrected chi connectivity index (χ2v) is 12.4. The van der Waals surface area contributed by atoms with Gasteiger partial charge in [0.05, 0.1) is 12.7 Å². The molecule has 2 bridgehead atoms. The minimum Gasteiger partial charge on any atom is -0.381 e. The Balaban J connectivity index is 1.30. The van der Waals surface area contributed by atoms with Crippen molar-refractivity contribution in [1.82, 2.24) is 15.2 Å². The fourth-order valence-corrected chi connectivity index (χ4v) is 7.10. The molecule has 8 heteroatoms. The van der Waals surface area contributed by atoms with Crippen molar-refractivity contribution in [3.63, 3.8) is 0 Å². The first-order valence-corrected chi connectivity index (χ1v) is 15.7. The molecule has 0 spiro atoms. The summed E-state index contributed by atoms with van der Waals surface area (Å²) >= 11 is 0. The van der Waals surface area contributed by atoms with Crippen LogP contribution in [-0.2, 0) is 22.6 Å². The van der Waals surface area contributed by atoms with Gasteiger partial charge in [-0.3, -0.25) is 14.5 Å². The number of carbonyl (C=O) groups is 1. The summed E-state index contributed by atoms with van der Waals surface area (Å²) in [5, 5.41) is 3.05. The molecule has 8 nitrogen and oxygen atoms in total. The van der Waals surface area contributed by atoms with Crippen molar-refractivity contribution < 1.29 is 14.3 Å². The van der Waals surface area contributed by atoms with Crippen LogP contribution in [0.15, 0.2) is 47.3 Å². The summed E-state index contributed by atoms with van der Waals surface area (Å²) < 4.78 is 11.4. The number of pyridine rings is 1. The standard InChI is InChI=1S/C35H44N4O4/c1-5-39(28-10-12-42-13-11-28)33-16-27(26-8-6-25(7-9-26)19-38-20-30-17-29(38)21-43-30)15-31(24(33)4)34(40)36-18-32-22(2)14-23(3)37-35(32)41/h6-9,14-16,28-30H,5,10-13,17-21H2,1-4H3,(H,36,40)(H,37,41)/t29-,30?/m1/s1. The number of ether oxygens (including phenoxy) is 2. The third-order valence-electron chi connectivity index (χ3n) is 9.51. The number of hydrogen-bond acceptors (Lipinski definition) is 6. The fraction of sp³-hybridized carbons (Fsp3) is 0.486. The molecule has 0 saturated carbocycles. The largest absolute Gasteiger partial charge is 0.381 e. The van der Waals surface area contributed by atoms with Gasteiger partial charge in [-0.2, -0.15) is 0 Å². The van der Waals surface area contributed by atoms with E-state index < -0.39 is 0 Å². The number of fused-ring (bicyclic) bond motifs is 2. The van der Waals surface area contributed by atoms with E-state index in [0.29, 0.717) is 29.3 Å². The van der Waals surface area contributed by atoms with Gasteiger partial charge < -0.3 is 24.7 Å². The maximum Gasteiger partial charge on any atom is 0.253 e. The van der Waals surface area contributed by atoms with E-state index >= 15 is 0 Å². The van der Waals surface area contributed by atoms with E-state index in [9.17, 15) is 9.59 Å². The van der Waals surface area contributed by atoms with Gasteiger partial charge in [0, 0.05) is 74.0 Å². The van der Waals surface area contributed by atoms with Crippen LogP contribution < -0.4 is 15.8 Å². The Bertz CT molecular complexity index is 1530. The van der Waals surface area contributed by atoms with Crippen LogP contribution in [-0.4, -0.2) is 66.9 Å². The van der Waals surface area contributed by atoms with Crippen molar-refractivity contribution in [2.45, 2.75) is 78.2 Å². The average molecular weight is 585 g/mol. The lowest BCUT2D eigenvalue weighted by Gasteiger charge is -2.37. The van der Waals surface area contributed by atoms with Crippen molar-refractivity contribution in [2.75, 3.05) is 37.8 Å². The molecule has 3 aliphatic heterocycles. The Kier molecular flexibility index (Phi) is 8.71. The van der Waals surface area contributed by atoms with Crippen LogP contribution in [0.25, 0.3) is 11.1 Å². The van der Waals surface area contributed by atoms with Gasteiger partial charge in [-0.05, 0) is 93.0 Å². The van der Waals surface area contributed by atoms with Gasteiger partial charge >= 0.3 is 0 Å². The van der Waals surface area contributed by atoms with Crippen LogP contribution in [0, 0.1) is 20.8 Å². The Morgan fingerprint density at radius 1 is 1.07 bits per heavy atom. The molecule has 2 atom stereocenters. The van der Waals surface area contributed by atoms with Crippen LogP contribution in [0.3, 0.4) is 0 Å². The van der Waals surface area contributed by atoms with Crippen LogP contribution in [0.2, 0.25) is 0 Å². The number of rotatable bonds is 9. The number of likely N-dealkylation sites (tertiary alicyclic amines) is 1. The van der Waals surface area contributed by atoms with Gasteiger partial charge in [0.2, 0.25) is 0 Å². The van der Waals surface area contributed by atoms with Crippen LogP contribution >= 0.6 is 0 Å². The molecule has 2 aromatic carbocycles.